The highest BCUT2D eigenvalue weighted by Gasteiger charge is 2.68. The number of carbonyl (C=O) groups is 1. The molecular weight excluding hydrogens is 421 g/mol. The van der Waals surface area contributed by atoms with Gasteiger partial charge in [-0.15, -0.1) is 0 Å². The van der Waals surface area contributed by atoms with Gasteiger partial charge in [0.1, 0.15) is 5.78 Å². The van der Waals surface area contributed by atoms with Gasteiger partial charge in [0.05, 0.1) is 17.7 Å². The molecule has 6 atom stereocenters. The smallest absolute Gasteiger partial charge is 0.405 e. The zero-order valence-corrected chi connectivity index (χ0v) is 20.8. The first-order chi connectivity index (χ1) is 16.3. The van der Waals surface area contributed by atoms with Crippen molar-refractivity contribution >= 4 is 12.9 Å². The number of Topliss-reactive ketones (excluding diaryl/α,β-unsaturated/α-hetero) is 1. The first-order valence-corrected chi connectivity index (χ1v) is 13.0. The van der Waals surface area contributed by atoms with E-state index in [-0.39, 0.29) is 30.4 Å². The summed E-state index contributed by atoms with van der Waals surface area (Å²) in [4.78, 5) is 13.0. The van der Waals surface area contributed by atoms with Gasteiger partial charge in [-0.05, 0) is 73.2 Å². The molecule has 3 unspecified atom stereocenters. The monoisotopic (exact) mass is 459 g/mol. The van der Waals surface area contributed by atoms with Crippen LogP contribution in [-0.2, 0) is 26.9 Å². The molecule has 6 rings (SSSR count). The van der Waals surface area contributed by atoms with E-state index in [0.717, 1.165) is 30.7 Å². The lowest BCUT2D eigenvalue weighted by Gasteiger charge is -2.64. The van der Waals surface area contributed by atoms with Crippen LogP contribution >= 0.6 is 0 Å². The number of hydrogen-bond donors (Lipinski definition) is 1. The molecule has 2 N–H and O–H groups in total. The van der Waals surface area contributed by atoms with Crippen molar-refractivity contribution < 1.29 is 14.1 Å². The zero-order chi connectivity index (χ0) is 23.9. The van der Waals surface area contributed by atoms with Crippen LogP contribution in [0.4, 0.5) is 0 Å². The molecule has 0 spiro atoms. The predicted octanol–water partition coefficient (Wildman–Crippen LogP) is 5.25. The normalized spacial score (nSPS) is 30.8. The third-order valence-corrected chi connectivity index (χ3v) is 9.17. The molecule has 0 amide bonds. The van der Waals surface area contributed by atoms with Crippen LogP contribution in [-0.4, -0.2) is 30.6 Å². The summed E-state index contributed by atoms with van der Waals surface area (Å²) in [6.45, 7) is 7.04. The van der Waals surface area contributed by atoms with Crippen LogP contribution in [0.5, 0.6) is 0 Å². The summed E-state index contributed by atoms with van der Waals surface area (Å²) in [7, 11) is -0.275. The molecule has 34 heavy (non-hydrogen) atoms. The van der Waals surface area contributed by atoms with E-state index in [1.54, 1.807) is 0 Å². The van der Waals surface area contributed by atoms with Gasteiger partial charge >= 0.3 is 7.12 Å². The summed E-state index contributed by atoms with van der Waals surface area (Å²) in [6, 6.07) is 20.0. The fourth-order valence-corrected chi connectivity index (χ4v) is 6.85. The van der Waals surface area contributed by atoms with Gasteiger partial charge in [0.25, 0.3) is 0 Å². The maximum atomic E-state index is 13.0. The number of benzene rings is 2. The molecule has 0 radical (unpaired) electrons. The first kappa shape index (κ1) is 23.8. The molecular formula is C29H38BNO3. The van der Waals surface area contributed by atoms with E-state index in [2.05, 4.69) is 45.0 Å². The molecule has 3 saturated carbocycles. The minimum absolute atomic E-state index is 0.118. The Morgan fingerprint density at radius 2 is 1.62 bits per heavy atom. The maximum absolute atomic E-state index is 13.0. The van der Waals surface area contributed by atoms with Gasteiger partial charge in [-0.2, -0.15) is 0 Å². The van der Waals surface area contributed by atoms with Crippen molar-refractivity contribution in [2.24, 2.45) is 23.0 Å². The maximum Gasteiger partial charge on any atom is 0.461 e. The fraction of sp³-hybridized carbons (Fsp3) is 0.552. The van der Waals surface area contributed by atoms with Crippen LogP contribution in [0.1, 0.15) is 57.6 Å². The lowest BCUT2D eigenvalue weighted by Crippen LogP contribution is -2.65. The number of ketones is 1. The molecule has 4 nitrogen and oxygen atoms in total. The molecule has 0 aromatic heterocycles. The third-order valence-electron chi connectivity index (χ3n) is 9.17. The van der Waals surface area contributed by atoms with E-state index in [9.17, 15) is 4.79 Å². The van der Waals surface area contributed by atoms with Crippen LogP contribution in [0.25, 0.3) is 0 Å². The van der Waals surface area contributed by atoms with Gasteiger partial charge in [-0.1, -0.05) is 74.5 Å². The van der Waals surface area contributed by atoms with Crippen LogP contribution in [0.2, 0.25) is 5.82 Å². The minimum Gasteiger partial charge on any atom is -0.405 e. The topological polar surface area (TPSA) is 61.5 Å². The van der Waals surface area contributed by atoms with E-state index >= 15 is 0 Å². The first-order valence-electron chi connectivity index (χ1n) is 13.0. The summed E-state index contributed by atoms with van der Waals surface area (Å²) < 4.78 is 13.4. The highest BCUT2D eigenvalue weighted by atomic mass is 16.7. The Morgan fingerprint density at radius 1 is 1.00 bits per heavy atom. The second-order valence-corrected chi connectivity index (χ2v) is 11.6. The van der Waals surface area contributed by atoms with E-state index < -0.39 is 6.04 Å². The Labute approximate surface area is 204 Å². The fourth-order valence-electron chi connectivity index (χ4n) is 6.85. The Kier molecular flexibility index (Phi) is 6.47. The van der Waals surface area contributed by atoms with E-state index in [4.69, 9.17) is 15.0 Å². The molecule has 180 valence electrons. The molecule has 1 aliphatic heterocycles. The second-order valence-electron chi connectivity index (χ2n) is 11.6. The molecule has 4 fully saturated rings. The van der Waals surface area contributed by atoms with Gasteiger partial charge in [0.15, 0.2) is 0 Å². The van der Waals surface area contributed by atoms with Crippen molar-refractivity contribution in [2.45, 2.75) is 82.9 Å². The highest BCUT2D eigenvalue weighted by molar-refractivity contribution is 6.47. The molecule has 2 aromatic rings. The average molecular weight is 459 g/mol. The molecule has 1 saturated heterocycles. The minimum atomic E-state index is -0.474. The van der Waals surface area contributed by atoms with Crippen molar-refractivity contribution in [1.29, 1.82) is 0 Å². The summed E-state index contributed by atoms with van der Waals surface area (Å²) >= 11 is 0. The summed E-state index contributed by atoms with van der Waals surface area (Å²) in [5.41, 5.74) is 8.74. The lowest BCUT2D eigenvalue weighted by molar-refractivity contribution is -0.199. The van der Waals surface area contributed by atoms with Gasteiger partial charge in [-0.3, -0.25) is 4.79 Å². The molecule has 1 heterocycles. The summed E-state index contributed by atoms with van der Waals surface area (Å²) in [6.07, 6.45) is 5.07. The van der Waals surface area contributed by atoms with Gasteiger partial charge in [0.2, 0.25) is 0 Å². The molecule has 2 bridgehead atoms. The van der Waals surface area contributed by atoms with E-state index in [1.165, 1.54) is 12.0 Å². The molecule has 5 heteroatoms. The second kappa shape index (κ2) is 9.25. The molecule has 3 aliphatic carbocycles. The van der Waals surface area contributed by atoms with Crippen molar-refractivity contribution in [3.8, 4) is 0 Å². The van der Waals surface area contributed by atoms with Crippen LogP contribution < -0.4 is 5.73 Å². The van der Waals surface area contributed by atoms with Crippen LogP contribution in [0.15, 0.2) is 60.7 Å². The quantitative estimate of drug-likeness (QED) is 0.521. The number of rotatable bonds is 9. The number of hydrogen-bond acceptors (Lipinski definition) is 4. The molecule has 4 aliphatic rings. The Morgan fingerprint density at radius 3 is 2.24 bits per heavy atom. The zero-order valence-electron chi connectivity index (χ0n) is 20.8. The van der Waals surface area contributed by atoms with E-state index in [1.807, 2.05) is 36.4 Å². The number of carbonyl (C=O) groups excluding carboxylic acids is 1. The summed E-state index contributed by atoms with van der Waals surface area (Å²) in [5.74, 6) is 1.50. The van der Waals surface area contributed by atoms with Crippen molar-refractivity contribution in [1.82, 2.24) is 0 Å². The van der Waals surface area contributed by atoms with Gasteiger partial charge in [-0.25, -0.2) is 0 Å². The Hall–Kier alpha value is -1.95. The average Bonchev–Trinajstić information content (AvgIpc) is 3.19. The SMILES string of the molecule is CC1(C)C2CC3OB([C@@H](CCC(=O)[C@H](N)Cc4ccccc4)Cc4ccccc4)O[C@]3(C)C1C2. The predicted molar refractivity (Wildman–Crippen MR) is 136 cm³/mol. The Bertz CT molecular complexity index is 997. The number of nitrogens with two attached hydrogens (primary N) is 1. The van der Waals surface area contributed by atoms with Crippen molar-refractivity contribution in [3.05, 3.63) is 71.8 Å². The Balaban J connectivity index is 1.27. The summed E-state index contributed by atoms with van der Waals surface area (Å²) in [5, 5.41) is 0. The standard InChI is InChI=1S/C29H38BNO3/c1-28(2)22-18-26(28)29(3)27(19-22)33-30(34-29)23(16-20-10-6-4-7-11-20)14-15-25(32)24(31)17-21-12-8-5-9-13-21/h4-13,22-24,26-27H,14-19,31H2,1-3H3/t22?,23-,24+,26?,27?,29+/m0/s1. The largest absolute Gasteiger partial charge is 0.461 e. The van der Waals surface area contributed by atoms with Crippen molar-refractivity contribution in [2.75, 3.05) is 0 Å². The van der Waals surface area contributed by atoms with Gasteiger partial charge in [0, 0.05) is 6.42 Å². The lowest BCUT2D eigenvalue weighted by atomic mass is 9.43. The third kappa shape index (κ3) is 4.39. The van der Waals surface area contributed by atoms with Crippen LogP contribution in [0.3, 0.4) is 0 Å². The van der Waals surface area contributed by atoms with Crippen molar-refractivity contribution in [3.63, 3.8) is 0 Å². The van der Waals surface area contributed by atoms with E-state index in [0.29, 0.717) is 24.2 Å². The highest BCUT2D eigenvalue weighted by Crippen LogP contribution is 2.66. The molecule has 2 aromatic carbocycles. The van der Waals surface area contributed by atoms with Crippen LogP contribution in [0, 0.1) is 17.3 Å². The van der Waals surface area contributed by atoms with Gasteiger partial charge < -0.3 is 15.0 Å².